The van der Waals surface area contributed by atoms with Gasteiger partial charge in [-0.1, -0.05) is 5.16 Å². The zero-order valence-electron chi connectivity index (χ0n) is 9.98. The Labute approximate surface area is 98.2 Å². The summed E-state index contributed by atoms with van der Waals surface area (Å²) in [4.78, 5) is 25.9. The van der Waals surface area contributed by atoms with Crippen LogP contribution in [0.2, 0.25) is 0 Å². The zero-order valence-corrected chi connectivity index (χ0v) is 9.98. The normalized spacial score (nSPS) is 11.2. The summed E-state index contributed by atoms with van der Waals surface area (Å²) < 4.78 is 4.68. The fraction of sp³-hybridized carbons (Fsp3) is 0.600. The van der Waals surface area contributed by atoms with Crippen molar-refractivity contribution in [2.75, 3.05) is 0 Å². The highest BCUT2D eigenvalue weighted by Crippen LogP contribution is 2.12. The number of hydrogen-bond donors (Lipinski definition) is 2. The molecular weight excluding hydrogens is 226 g/mol. The lowest BCUT2D eigenvalue weighted by atomic mass is 9.98. The molecule has 1 rings (SSSR count). The van der Waals surface area contributed by atoms with Gasteiger partial charge >= 0.3 is 5.97 Å². The second kappa shape index (κ2) is 4.94. The highest BCUT2D eigenvalue weighted by molar-refractivity contribution is 5.90. The van der Waals surface area contributed by atoms with Gasteiger partial charge in [-0.25, -0.2) is 0 Å². The van der Waals surface area contributed by atoms with Gasteiger partial charge in [-0.3, -0.25) is 9.59 Å². The molecule has 0 aliphatic heterocycles. The number of carbonyl (C=O) groups excluding carboxylic acids is 1. The van der Waals surface area contributed by atoms with Crippen LogP contribution in [0.5, 0.6) is 0 Å². The number of rotatable bonds is 5. The molecule has 2 N–H and O–H groups in total. The Balaban J connectivity index is 2.58. The number of hydrogen-bond acceptors (Lipinski definition) is 5. The van der Waals surface area contributed by atoms with Crippen molar-refractivity contribution in [3.63, 3.8) is 0 Å². The third-order valence-corrected chi connectivity index (χ3v) is 2.15. The number of carbonyl (C=O) groups is 2. The molecule has 1 aromatic rings. The summed E-state index contributed by atoms with van der Waals surface area (Å²) in [6.07, 6.45) is 0.309. The number of aryl methyl sites for hydroxylation is 1. The first kappa shape index (κ1) is 13.1. The van der Waals surface area contributed by atoms with Gasteiger partial charge in [0.2, 0.25) is 5.89 Å². The molecule has 0 aliphatic rings. The monoisotopic (exact) mass is 241 g/mol. The molecule has 0 spiro atoms. The van der Waals surface area contributed by atoms with Crippen LogP contribution in [-0.2, 0) is 4.79 Å². The maximum absolute atomic E-state index is 11.7. The van der Waals surface area contributed by atoms with Gasteiger partial charge in [0.1, 0.15) is 0 Å². The molecule has 0 fully saturated rings. The second-order valence-corrected chi connectivity index (χ2v) is 4.37. The van der Waals surface area contributed by atoms with E-state index in [1.165, 1.54) is 0 Å². The van der Waals surface area contributed by atoms with Gasteiger partial charge in [0.15, 0.2) is 0 Å². The second-order valence-electron chi connectivity index (χ2n) is 4.37. The van der Waals surface area contributed by atoms with Crippen LogP contribution in [0.25, 0.3) is 0 Å². The van der Waals surface area contributed by atoms with Crippen LogP contribution < -0.4 is 5.32 Å². The third-order valence-electron chi connectivity index (χ3n) is 2.15. The van der Waals surface area contributed by atoms with Gasteiger partial charge < -0.3 is 14.9 Å². The Kier molecular flexibility index (Phi) is 3.82. The van der Waals surface area contributed by atoms with Gasteiger partial charge in [-0.2, -0.15) is 4.98 Å². The molecule has 0 aromatic carbocycles. The standard InChI is InChI=1S/C10H15N3O4/c1-6-11-8(13-17-6)9(16)12-10(2,3)5-4-7(14)15/h4-5H2,1-3H3,(H,12,16)(H,14,15). The average molecular weight is 241 g/mol. The predicted molar refractivity (Wildman–Crippen MR) is 57.5 cm³/mol. The Morgan fingerprint density at radius 2 is 2.12 bits per heavy atom. The highest BCUT2D eigenvalue weighted by atomic mass is 16.5. The van der Waals surface area contributed by atoms with E-state index in [4.69, 9.17) is 5.11 Å². The van der Waals surface area contributed by atoms with Crippen LogP contribution in [0.4, 0.5) is 0 Å². The summed E-state index contributed by atoms with van der Waals surface area (Å²) in [5.74, 6) is -1.12. The first-order valence-corrected chi connectivity index (χ1v) is 5.15. The van der Waals surface area contributed by atoms with E-state index < -0.39 is 17.4 Å². The number of carboxylic acids is 1. The van der Waals surface area contributed by atoms with Crippen LogP contribution >= 0.6 is 0 Å². The van der Waals surface area contributed by atoms with Gasteiger partial charge in [0, 0.05) is 18.9 Å². The zero-order chi connectivity index (χ0) is 13.1. The molecule has 1 heterocycles. The lowest BCUT2D eigenvalue weighted by molar-refractivity contribution is -0.137. The molecule has 0 saturated carbocycles. The minimum Gasteiger partial charge on any atom is -0.481 e. The summed E-state index contributed by atoms with van der Waals surface area (Å²) in [6.45, 7) is 5.06. The molecule has 0 radical (unpaired) electrons. The summed E-state index contributed by atoms with van der Waals surface area (Å²) in [6, 6.07) is 0. The topological polar surface area (TPSA) is 105 Å². The minimum absolute atomic E-state index is 0.0153. The van der Waals surface area contributed by atoms with Crippen LogP contribution in [0.1, 0.15) is 43.2 Å². The molecule has 7 nitrogen and oxygen atoms in total. The first-order valence-electron chi connectivity index (χ1n) is 5.15. The van der Waals surface area contributed by atoms with Crippen molar-refractivity contribution >= 4 is 11.9 Å². The fourth-order valence-electron chi connectivity index (χ4n) is 1.24. The van der Waals surface area contributed by atoms with Gasteiger partial charge in [-0.15, -0.1) is 0 Å². The molecule has 94 valence electrons. The van der Waals surface area contributed by atoms with E-state index in [2.05, 4.69) is 20.0 Å². The Morgan fingerprint density at radius 3 is 2.59 bits per heavy atom. The van der Waals surface area contributed by atoms with E-state index in [1.54, 1.807) is 20.8 Å². The first-order chi connectivity index (χ1) is 7.80. The summed E-state index contributed by atoms with van der Waals surface area (Å²) in [5, 5.41) is 14.7. The SMILES string of the molecule is Cc1nc(C(=O)NC(C)(C)CCC(=O)O)no1. The quantitative estimate of drug-likeness (QED) is 0.788. The molecule has 1 aromatic heterocycles. The molecular formula is C10H15N3O4. The van der Waals surface area contributed by atoms with E-state index >= 15 is 0 Å². The number of aromatic nitrogens is 2. The van der Waals surface area contributed by atoms with Crippen molar-refractivity contribution in [3.05, 3.63) is 11.7 Å². The van der Waals surface area contributed by atoms with E-state index in [0.717, 1.165) is 0 Å². The van der Waals surface area contributed by atoms with Gasteiger partial charge in [0.05, 0.1) is 0 Å². The van der Waals surface area contributed by atoms with Crippen molar-refractivity contribution in [1.29, 1.82) is 0 Å². The van der Waals surface area contributed by atoms with Crippen molar-refractivity contribution in [2.24, 2.45) is 0 Å². The van der Waals surface area contributed by atoms with Crippen molar-refractivity contribution in [2.45, 2.75) is 39.2 Å². The van der Waals surface area contributed by atoms with Crippen LogP contribution in [-0.4, -0.2) is 32.7 Å². The van der Waals surface area contributed by atoms with Crippen molar-refractivity contribution in [1.82, 2.24) is 15.5 Å². The van der Waals surface area contributed by atoms with Crippen molar-refractivity contribution < 1.29 is 19.2 Å². The maximum Gasteiger partial charge on any atom is 0.303 e. The Morgan fingerprint density at radius 1 is 1.47 bits per heavy atom. The highest BCUT2D eigenvalue weighted by Gasteiger charge is 2.24. The number of nitrogens with zero attached hydrogens (tertiary/aromatic N) is 2. The smallest absolute Gasteiger partial charge is 0.303 e. The number of nitrogens with one attached hydrogen (secondary N) is 1. The van der Waals surface area contributed by atoms with E-state index in [0.29, 0.717) is 12.3 Å². The van der Waals surface area contributed by atoms with E-state index in [-0.39, 0.29) is 12.2 Å². The summed E-state index contributed by atoms with van der Waals surface area (Å²) in [5.41, 5.74) is -0.635. The lowest BCUT2D eigenvalue weighted by Gasteiger charge is -2.24. The number of aliphatic carboxylic acids is 1. The molecule has 1 amide bonds. The largest absolute Gasteiger partial charge is 0.481 e. The van der Waals surface area contributed by atoms with Crippen LogP contribution in [0.15, 0.2) is 4.52 Å². The average Bonchev–Trinajstić information content (AvgIpc) is 2.61. The maximum atomic E-state index is 11.7. The fourth-order valence-corrected chi connectivity index (χ4v) is 1.24. The van der Waals surface area contributed by atoms with Crippen LogP contribution in [0, 0.1) is 6.92 Å². The molecule has 7 heteroatoms. The van der Waals surface area contributed by atoms with E-state index in [1.807, 2.05) is 0 Å². The van der Waals surface area contributed by atoms with Gasteiger partial charge in [0.25, 0.3) is 11.7 Å². The van der Waals surface area contributed by atoms with Crippen molar-refractivity contribution in [3.8, 4) is 0 Å². The van der Waals surface area contributed by atoms with Crippen LogP contribution in [0.3, 0.4) is 0 Å². The lowest BCUT2D eigenvalue weighted by Crippen LogP contribution is -2.44. The molecule has 0 bridgehead atoms. The Bertz CT molecular complexity index is 425. The number of carboxylic acid groups (broad SMARTS) is 1. The third kappa shape index (κ3) is 4.21. The number of amides is 1. The van der Waals surface area contributed by atoms with Gasteiger partial charge in [-0.05, 0) is 20.3 Å². The molecule has 0 aliphatic carbocycles. The summed E-state index contributed by atoms with van der Waals surface area (Å²) in [7, 11) is 0. The Hall–Kier alpha value is -1.92. The summed E-state index contributed by atoms with van der Waals surface area (Å²) >= 11 is 0. The minimum atomic E-state index is -0.900. The molecule has 17 heavy (non-hydrogen) atoms. The molecule has 0 saturated heterocycles. The van der Waals surface area contributed by atoms with E-state index in [9.17, 15) is 9.59 Å². The molecule has 0 atom stereocenters. The molecule has 0 unspecified atom stereocenters. The predicted octanol–water partition coefficient (Wildman–Crippen LogP) is 0.751.